The van der Waals surface area contributed by atoms with Crippen LogP contribution in [-0.4, -0.2) is 50.8 Å². The molecule has 0 amide bonds. The van der Waals surface area contributed by atoms with Crippen molar-refractivity contribution in [1.29, 1.82) is 0 Å². The predicted octanol–water partition coefficient (Wildman–Crippen LogP) is 2.51. The highest BCUT2D eigenvalue weighted by atomic mass is 16.5. The summed E-state index contributed by atoms with van der Waals surface area (Å²) in [5.41, 5.74) is 0.572. The lowest BCUT2D eigenvalue weighted by atomic mass is 9.75. The highest BCUT2D eigenvalue weighted by molar-refractivity contribution is 4.83. The Balaban J connectivity index is 2.15. The molecule has 1 aliphatic carbocycles. The molecule has 18 heavy (non-hydrogen) atoms. The van der Waals surface area contributed by atoms with Crippen LogP contribution in [0.2, 0.25) is 0 Å². The van der Waals surface area contributed by atoms with Crippen molar-refractivity contribution in [2.45, 2.75) is 58.5 Å². The van der Waals surface area contributed by atoms with Crippen LogP contribution < -0.4 is 5.32 Å². The van der Waals surface area contributed by atoms with Gasteiger partial charge in [-0.2, -0.15) is 0 Å². The van der Waals surface area contributed by atoms with Gasteiger partial charge in [0.25, 0.3) is 0 Å². The number of nitrogens with zero attached hydrogens (tertiary/aromatic N) is 1. The van der Waals surface area contributed by atoms with Crippen molar-refractivity contribution < 1.29 is 4.74 Å². The Morgan fingerprint density at radius 3 is 2.50 bits per heavy atom. The van der Waals surface area contributed by atoms with Gasteiger partial charge in [0.05, 0.1) is 6.61 Å². The van der Waals surface area contributed by atoms with E-state index in [-0.39, 0.29) is 0 Å². The lowest BCUT2D eigenvalue weighted by Crippen LogP contribution is -2.42. The molecule has 0 spiro atoms. The Hall–Kier alpha value is -0.120. The highest BCUT2D eigenvalue weighted by Gasteiger charge is 2.28. The van der Waals surface area contributed by atoms with Crippen LogP contribution in [0.5, 0.6) is 0 Å². The normalized spacial score (nSPS) is 22.3. The van der Waals surface area contributed by atoms with Crippen LogP contribution in [0.4, 0.5) is 0 Å². The summed E-state index contributed by atoms with van der Waals surface area (Å²) in [6, 6.07) is 1.24. The van der Waals surface area contributed by atoms with E-state index in [2.05, 4.69) is 38.0 Å². The number of hydrogen-bond donors (Lipinski definition) is 1. The van der Waals surface area contributed by atoms with Gasteiger partial charge in [-0.05, 0) is 45.1 Å². The number of hydrogen-bond acceptors (Lipinski definition) is 3. The van der Waals surface area contributed by atoms with Crippen LogP contribution >= 0.6 is 0 Å². The Morgan fingerprint density at radius 1 is 1.33 bits per heavy atom. The van der Waals surface area contributed by atoms with Crippen molar-refractivity contribution in [3.05, 3.63) is 0 Å². The molecule has 3 nitrogen and oxygen atoms in total. The summed E-state index contributed by atoms with van der Waals surface area (Å²) in [7, 11) is 4.03. The zero-order chi connectivity index (χ0) is 13.6. The lowest BCUT2D eigenvalue weighted by molar-refractivity contribution is 0.124. The van der Waals surface area contributed by atoms with Crippen molar-refractivity contribution in [2.75, 3.05) is 33.9 Å². The molecule has 1 saturated carbocycles. The van der Waals surface area contributed by atoms with E-state index in [4.69, 9.17) is 4.74 Å². The summed E-state index contributed by atoms with van der Waals surface area (Å²) in [6.07, 6.45) is 5.46. The summed E-state index contributed by atoms with van der Waals surface area (Å²) >= 11 is 0. The number of methoxy groups -OCH3 is 1. The van der Waals surface area contributed by atoms with E-state index in [1.165, 1.54) is 25.7 Å². The maximum Gasteiger partial charge on any atom is 0.0613 e. The monoisotopic (exact) mass is 256 g/mol. The highest BCUT2D eigenvalue weighted by Crippen LogP contribution is 2.36. The topological polar surface area (TPSA) is 24.5 Å². The molecular formula is C15H32N2O. The first kappa shape index (κ1) is 15.9. The number of rotatable bonds is 7. The molecule has 1 rings (SSSR count). The Kier molecular flexibility index (Phi) is 6.61. The maximum absolute atomic E-state index is 5.12. The summed E-state index contributed by atoms with van der Waals surface area (Å²) in [4.78, 5) is 2.53. The van der Waals surface area contributed by atoms with Gasteiger partial charge in [0.15, 0.2) is 0 Å². The first-order chi connectivity index (χ1) is 8.44. The van der Waals surface area contributed by atoms with Crippen LogP contribution in [0.25, 0.3) is 0 Å². The second-order valence-electron chi connectivity index (χ2n) is 6.69. The minimum atomic E-state index is 0.452. The van der Waals surface area contributed by atoms with E-state index in [1.54, 1.807) is 7.11 Å². The van der Waals surface area contributed by atoms with Gasteiger partial charge in [0.1, 0.15) is 0 Å². The standard InChI is InChI=1S/C15H32N2O/c1-13(12-18-5)16-10-11-17(4)14-6-8-15(2,3)9-7-14/h13-14,16H,6-12H2,1-5H3. The van der Waals surface area contributed by atoms with Gasteiger partial charge in [-0.3, -0.25) is 0 Å². The number of nitrogens with one attached hydrogen (secondary N) is 1. The first-order valence-corrected chi connectivity index (χ1v) is 7.37. The maximum atomic E-state index is 5.12. The molecule has 0 aromatic rings. The van der Waals surface area contributed by atoms with Gasteiger partial charge in [-0.1, -0.05) is 13.8 Å². The van der Waals surface area contributed by atoms with Crippen LogP contribution in [0.1, 0.15) is 46.5 Å². The third-order valence-electron chi connectivity index (χ3n) is 4.31. The van der Waals surface area contributed by atoms with E-state index in [0.717, 1.165) is 25.7 Å². The van der Waals surface area contributed by atoms with E-state index in [1.807, 2.05) is 0 Å². The van der Waals surface area contributed by atoms with Crippen LogP contribution in [-0.2, 0) is 4.74 Å². The zero-order valence-electron chi connectivity index (χ0n) is 13.0. The predicted molar refractivity (Wildman–Crippen MR) is 78.0 cm³/mol. The quantitative estimate of drug-likeness (QED) is 0.757. The average molecular weight is 256 g/mol. The average Bonchev–Trinajstić information content (AvgIpc) is 2.29. The van der Waals surface area contributed by atoms with E-state index < -0.39 is 0 Å². The molecule has 1 unspecified atom stereocenters. The minimum absolute atomic E-state index is 0.452. The molecule has 0 aromatic heterocycles. The number of likely N-dealkylation sites (N-methyl/N-ethyl adjacent to an activating group) is 1. The van der Waals surface area contributed by atoms with E-state index in [0.29, 0.717) is 11.5 Å². The van der Waals surface area contributed by atoms with Gasteiger partial charge in [-0.15, -0.1) is 0 Å². The Bertz CT molecular complexity index is 221. The van der Waals surface area contributed by atoms with Crippen LogP contribution in [0, 0.1) is 5.41 Å². The molecule has 1 N–H and O–H groups in total. The molecule has 108 valence electrons. The molecule has 0 saturated heterocycles. The molecule has 1 aliphatic rings. The second-order valence-corrected chi connectivity index (χ2v) is 6.69. The van der Waals surface area contributed by atoms with Gasteiger partial charge in [0.2, 0.25) is 0 Å². The van der Waals surface area contributed by atoms with Gasteiger partial charge in [0, 0.05) is 32.3 Å². The third-order valence-corrected chi connectivity index (χ3v) is 4.31. The fraction of sp³-hybridized carbons (Fsp3) is 1.00. The zero-order valence-corrected chi connectivity index (χ0v) is 13.0. The largest absolute Gasteiger partial charge is 0.383 e. The molecule has 1 atom stereocenters. The van der Waals surface area contributed by atoms with Crippen molar-refractivity contribution in [1.82, 2.24) is 10.2 Å². The van der Waals surface area contributed by atoms with Crippen molar-refractivity contribution in [2.24, 2.45) is 5.41 Å². The summed E-state index contributed by atoms with van der Waals surface area (Å²) in [6.45, 7) is 9.96. The molecule has 1 fully saturated rings. The molecule has 0 bridgehead atoms. The SMILES string of the molecule is COCC(C)NCCN(C)C1CCC(C)(C)CC1. The van der Waals surface area contributed by atoms with Crippen molar-refractivity contribution in [3.8, 4) is 0 Å². The summed E-state index contributed by atoms with van der Waals surface area (Å²) in [5, 5.41) is 3.50. The second kappa shape index (κ2) is 7.46. The first-order valence-electron chi connectivity index (χ1n) is 7.37. The van der Waals surface area contributed by atoms with E-state index in [9.17, 15) is 0 Å². The summed E-state index contributed by atoms with van der Waals surface area (Å²) in [5.74, 6) is 0. The van der Waals surface area contributed by atoms with Gasteiger partial charge < -0.3 is 15.0 Å². The van der Waals surface area contributed by atoms with Crippen molar-refractivity contribution >= 4 is 0 Å². The Labute approximate surface area is 113 Å². The molecule has 0 heterocycles. The van der Waals surface area contributed by atoms with Gasteiger partial charge in [-0.25, -0.2) is 0 Å². The summed E-state index contributed by atoms with van der Waals surface area (Å²) < 4.78 is 5.12. The lowest BCUT2D eigenvalue weighted by Gasteiger charge is -2.38. The number of ether oxygens (including phenoxy) is 1. The molecule has 0 radical (unpaired) electrons. The van der Waals surface area contributed by atoms with Crippen LogP contribution in [0.15, 0.2) is 0 Å². The fourth-order valence-corrected chi connectivity index (χ4v) is 2.80. The molecular weight excluding hydrogens is 224 g/mol. The molecule has 0 aliphatic heterocycles. The minimum Gasteiger partial charge on any atom is -0.383 e. The van der Waals surface area contributed by atoms with E-state index >= 15 is 0 Å². The van der Waals surface area contributed by atoms with Gasteiger partial charge >= 0.3 is 0 Å². The van der Waals surface area contributed by atoms with Crippen molar-refractivity contribution in [3.63, 3.8) is 0 Å². The molecule has 0 aromatic carbocycles. The third kappa shape index (κ3) is 5.68. The smallest absolute Gasteiger partial charge is 0.0613 e. The van der Waals surface area contributed by atoms with Crippen LogP contribution in [0.3, 0.4) is 0 Å². The fourth-order valence-electron chi connectivity index (χ4n) is 2.80. The Morgan fingerprint density at radius 2 is 1.94 bits per heavy atom. The molecule has 3 heteroatoms.